The molecule has 1 aliphatic heterocycles. The molecular formula is C17H23N3O4S. The Labute approximate surface area is 147 Å². The second-order valence-corrected chi connectivity index (χ2v) is 8.52. The predicted molar refractivity (Wildman–Crippen MR) is 93.1 cm³/mol. The first-order chi connectivity index (χ1) is 11.8. The third kappa shape index (κ3) is 3.85. The van der Waals surface area contributed by atoms with Crippen LogP contribution in [0.2, 0.25) is 0 Å². The molecule has 3 rings (SSSR count). The third-order valence-corrected chi connectivity index (χ3v) is 6.35. The van der Waals surface area contributed by atoms with Crippen LogP contribution in [0, 0.1) is 5.92 Å². The number of benzene rings is 1. The monoisotopic (exact) mass is 365 g/mol. The lowest BCUT2D eigenvalue weighted by Crippen LogP contribution is -2.46. The molecule has 4 N–H and O–H groups in total. The summed E-state index contributed by atoms with van der Waals surface area (Å²) in [7, 11) is -4.11. The minimum atomic E-state index is -4.11. The first kappa shape index (κ1) is 17.9. The fourth-order valence-electron chi connectivity index (χ4n) is 3.31. The van der Waals surface area contributed by atoms with Gasteiger partial charge < -0.3 is 11.1 Å². The van der Waals surface area contributed by atoms with Crippen LogP contribution in [-0.4, -0.2) is 25.8 Å². The van der Waals surface area contributed by atoms with Crippen LogP contribution in [0.4, 0.5) is 5.69 Å². The van der Waals surface area contributed by atoms with Gasteiger partial charge in [0.25, 0.3) is 15.9 Å². The number of nitrogens with one attached hydrogen (secondary N) is 2. The molecule has 1 aliphatic carbocycles. The van der Waals surface area contributed by atoms with Crippen molar-refractivity contribution < 1.29 is 18.0 Å². The molecule has 0 radical (unpaired) electrons. The number of carbonyl (C=O) groups is 2. The van der Waals surface area contributed by atoms with E-state index in [0.29, 0.717) is 12.8 Å². The van der Waals surface area contributed by atoms with E-state index in [1.807, 2.05) is 0 Å². The summed E-state index contributed by atoms with van der Waals surface area (Å²) in [6.45, 7) is 0. The smallest absolute Gasteiger partial charge is 0.266 e. The van der Waals surface area contributed by atoms with Crippen LogP contribution in [0.15, 0.2) is 29.2 Å². The van der Waals surface area contributed by atoms with E-state index in [0.717, 1.165) is 32.1 Å². The average molecular weight is 365 g/mol. The Morgan fingerprint density at radius 2 is 1.80 bits per heavy atom. The van der Waals surface area contributed by atoms with Crippen molar-refractivity contribution in [3.8, 4) is 0 Å². The number of para-hydroxylation sites is 1. The molecule has 8 heteroatoms. The highest BCUT2D eigenvalue weighted by Crippen LogP contribution is 2.45. The van der Waals surface area contributed by atoms with Gasteiger partial charge >= 0.3 is 0 Å². The Balaban J connectivity index is 1.90. The van der Waals surface area contributed by atoms with Crippen molar-refractivity contribution in [1.82, 2.24) is 4.72 Å². The second-order valence-electron chi connectivity index (χ2n) is 6.87. The molecule has 1 saturated carbocycles. The van der Waals surface area contributed by atoms with E-state index in [1.54, 1.807) is 12.1 Å². The van der Waals surface area contributed by atoms with Crippen molar-refractivity contribution in [2.24, 2.45) is 11.7 Å². The summed E-state index contributed by atoms with van der Waals surface area (Å²) >= 11 is 0. The maximum Gasteiger partial charge on any atom is 0.266 e. The fourth-order valence-corrected chi connectivity index (χ4v) is 4.52. The van der Waals surface area contributed by atoms with Crippen LogP contribution in [0.5, 0.6) is 0 Å². The van der Waals surface area contributed by atoms with E-state index in [-0.39, 0.29) is 22.4 Å². The minimum absolute atomic E-state index is 0.0165. The van der Waals surface area contributed by atoms with E-state index in [4.69, 9.17) is 5.73 Å². The standard InChI is InChI=1S/C17H23N3O4S/c18-17-11-12(17)7-3-1-2-4-10-15(21)19-13-8-5-6-9-14(13)25(23,24)20-16(17)22/h5-6,8-9,12H,1-4,7,10-11,18H2,(H,19,21)(H,20,22)/t12-,17+/m0/s1. The summed E-state index contributed by atoms with van der Waals surface area (Å²) in [5.74, 6) is -0.890. The van der Waals surface area contributed by atoms with Gasteiger partial charge in [0.2, 0.25) is 5.91 Å². The SMILES string of the molecule is N[C@]12C[C@@H]1CCCCCCC(=O)Nc1ccccc1S(=O)(=O)NC2=O. The second kappa shape index (κ2) is 6.76. The molecule has 1 fully saturated rings. The van der Waals surface area contributed by atoms with Crippen molar-refractivity contribution >= 4 is 27.5 Å². The van der Waals surface area contributed by atoms with Gasteiger partial charge in [-0.2, -0.15) is 0 Å². The zero-order chi connectivity index (χ0) is 18.1. The lowest BCUT2D eigenvalue weighted by atomic mass is 10.1. The molecule has 1 heterocycles. The van der Waals surface area contributed by atoms with E-state index in [1.165, 1.54) is 12.1 Å². The summed E-state index contributed by atoms with van der Waals surface area (Å²) < 4.78 is 27.3. The highest BCUT2D eigenvalue weighted by Gasteiger charge is 2.57. The summed E-state index contributed by atoms with van der Waals surface area (Å²) in [4.78, 5) is 24.3. The van der Waals surface area contributed by atoms with E-state index in [2.05, 4.69) is 10.0 Å². The number of rotatable bonds is 0. The fraction of sp³-hybridized carbons (Fsp3) is 0.529. The van der Waals surface area contributed by atoms with E-state index >= 15 is 0 Å². The first-order valence-corrected chi connectivity index (χ1v) is 10.1. The van der Waals surface area contributed by atoms with Crippen molar-refractivity contribution in [2.45, 2.75) is 55.4 Å². The third-order valence-electron chi connectivity index (χ3n) is 4.96. The van der Waals surface area contributed by atoms with Crippen LogP contribution in [0.1, 0.15) is 44.9 Å². The Morgan fingerprint density at radius 3 is 2.60 bits per heavy atom. The van der Waals surface area contributed by atoms with E-state index in [9.17, 15) is 18.0 Å². The number of sulfonamides is 1. The van der Waals surface area contributed by atoms with Crippen molar-refractivity contribution in [2.75, 3.05) is 5.32 Å². The molecule has 25 heavy (non-hydrogen) atoms. The molecule has 7 nitrogen and oxygen atoms in total. The van der Waals surface area contributed by atoms with E-state index < -0.39 is 21.5 Å². The van der Waals surface area contributed by atoms with Crippen molar-refractivity contribution in [3.63, 3.8) is 0 Å². The largest absolute Gasteiger partial charge is 0.325 e. The molecule has 0 bridgehead atoms. The normalized spacial score (nSPS) is 29.9. The van der Waals surface area contributed by atoms with Gasteiger partial charge in [-0.15, -0.1) is 0 Å². The van der Waals surface area contributed by atoms with Gasteiger partial charge in [0.1, 0.15) is 4.90 Å². The summed E-state index contributed by atoms with van der Waals surface area (Å²) in [5.41, 5.74) is 5.16. The molecule has 0 unspecified atom stereocenters. The van der Waals surface area contributed by atoms with Gasteiger partial charge in [-0.3, -0.25) is 9.59 Å². The predicted octanol–water partition coefficient (Wildman–Crippen LogP) is 1.50. The van der Waals surface area contributed by atoms with Crippen LogP contribution in [-0.2, 0) is 19.6 Å². The van der Waals surface area contributed by atoms with Gasteiger partial charge in [0.05, 0.1) is 11.2 Å². The molecule has 136 valence electrons. The summed E-state index contributed by atoms with van der Waals surface area (Å²) in [5, 5.41) is 2.63. The van der Waals surface area contributed by atoms with Crippen molar-refractivity contribution in [3.05, 3.63) is 24.3 Å². The Bertz CT molecular complexity index is 793. The van der Waals surface area contributed by atoms with Crippen LogP contribution in [0.3, 0.4) is 0 Å². The average Bonchev–Trinajstić information content (AvgIpc) is 3.22. The summed E-state index contributed by atoms with van der Waals surface area (Å²) in [6, 6.07) is 6.04. The first-order valence-electron chi connectivity index (χ1n) is 8.58. The maximum atomic E-state index is 12.6. The van der Waals surface area contributed by atoms with Gasteiger partial charge in [-0.25, -0.2) is 13.1 Å². The molecule has 0 spiro atoms. The lowest BCUT2D eigenvalue weighted by molar-refractivity contribution is -0.122. The van der Waals surface area contributed by atoms with Crippen molar-refractivity contribution in [1.29, 1.82) is 0 Å². The molecule has 2 atom stereocenters. The molecule has 2 aliphatic rings. The Kier molecular flexibility index (Phi) is 4.83. The number of fused-ring (bicyclic) bond motifs is 2. The number of hydrogen-bond donors (Lipinski definition) is 3. The Morgan fingerprint density at radius 1 is 1.08 bits per heavy atom. The van der Waals surface area contributed by atoms with Crippen LogP contribution < -0.4 is 15.8 Å². The number of anilines is 1. The van der Waals surface area contributed by atoms with Gasteiger partial charge in [-0.05, 0) is 37.3 Å². The highest BCUT2D eigenvalue weighted by molar-refractivity contribution is 7.90. The highest BCUT2D eigenvalue weighted by atomic mass is 32.2. The van der Waals surface area contributed by atoms with Gasteiger partial charge in [-0.1, -0.05) is 31.4 Å². The number of nitrogens with two attached hydrogens (primary N) is 1. The number of amides is 2. The zero-order valence-electron chi connectivity index (χ0n) is 14.0. The molecule has 0 aromatic heterocycles. The molecular weight excluding hydrogens is 342 g/mol. The topological polar surface area (TPSA) is 118 Å². The summed E-state index contributed by atoms with van der Waals surface area (Å²) in [6.07, 6.45) is 5.20. The Hall–Kier alpha value is -1.93. The number of hydrogen-bond acceptors (Lipinski definition) is 5. The molecule has 1 aromatic rings. The molecule has 2 amide bonds. The zero-order valence-corrected chi connectivity index (χ0v) is 14.8. The lowest BCUT2D eigenvalue weighted by Gasteiger charge is -2.15. The van der Waals surface area contributed by atoms with Crippen LogP contribution in [0.25, 0.3) is 0 Å². The minimum Gasteiger partial charge on any atom is -0.325 e. The quantitative estimate of drug-likeness (QED) is 0.644. The van der Waals surface area contributed by atoms with Gasteiger partial charge in [0, 0.05) is 6.42 Å². The molecule has 1 aromatic carbocycles. The molecule has 0 saturated heterocycles. The van der Waals surface area contributed by atoms with Crippen LogP contribution >= 0.6 is 0 Å². The number of carbonyl (C=O) groups excluding carboxylic acids is 2. The van der Waals surface area contributed by atoms with Gasteiger partial charge in [0.15, 0.2) is 0 Å². The maximum absolute atomic E-state index is 12.6.